The van der Waals surface area contributed by atoms with E-state index >= 15 is 0 Å². The standard InChI is InChI=1S/C14H28N2O2/c1-14(2,3)8-12(15)7-13(18)16-6-4-5-11(9-16)10-17/h11-12,17H,4-10,15H2,1-3H3. The number of aliphatic hydroxyl groups excluding tert-OH is 1. The molecule has 4 heteroatoms. The molecule has 0 radical (unpaired) electrons. The molecule has 1 saturated heterocycles. The Morgan fingerprint density at radius 2 is 2.17 bits per heavy atom. The van der Waals surface area contributed by atoms with Gasteiger partial charge < -0.3 is 15.7 Å². The van der Waals surface area contributed by atoms with Crippen LogP contribution in [0.4, 0.5) is 0 Å². The molecule has 0 aromatic heterocycles. The number of carbonyl (C=O) groups is 1. The smallest absolute Gasteiger partial charge is 0.224 e. The lowest BCUT2D eigenvalue weighted by Crippen LogP contribution is -2.43. The van der Waals surface area contributed by atoms with Crippen molar-refractivity contribution in [2.24, 2.45) is 17.1 Å². The molecule has 2 unspecified atom stereocenters. The van der Waals surface area contributed by atoms with E-state index in [0.29, 0.717) is 13.0 Å². The zero-order valence-corrected chi connectivity index (χ0v) is 12.0. The first-order valence-corrected chi connectivity index (χ1v) is 6.96. The Bertz CT molecular complexity index is 273. The van der Waals surface area contributed by atoms with Crippen LogP contribution in [0.2, 0.25) is 0 Å². The largest absolute Gasteiger partial charge is 0.396 e. The molecule has 106 valence electrons. The quantitative estimate of drug-likeness (QED) is 0.798. The van der Waals surface area contributed by atoms with Crippen LogP contribution < -0.4 is 5.73 Å². The van der Waals surface area contributed by atoms with Gasteiger partial charge in [0.15, 0.2) is 0 Å². The monoisotopic (exact) mass is 256 g/mol. The van der Waals surface area contributed by atoms with Crippen molar-refractivity contribution >= 4 is 5.91 Å². The summed E-state index contributed by atoms with van der Waals surface area (Å²) in [6.45, 7) is 8.10. The minimum Gasteiger partial charge on any atom is -0.396 e. The highest BCUT2D eigenvalue weighted by atomic mass is 16.3. The molecular weight excluding hydrogens is 228 g/mol. The van der Waals surface area contributed by atoms with Crippen LogP contribution in [0.25, 0.3) is 0 Å². The summed E-state index contributed by atoms with van der Waals surface area (Å²) in [7, 11) is 0. The molecule has 1 heterocycles. The van der Waals surface area contributed by atoms with Gasteiger partial charge in [0, 0.05) is 32.2 Å². The van der Waals surface area contributed by atoms with Crippen LogP contribution in [0.5, 0.6) is 0 Å². The van der Waals surface area contributed by atoms with Gasteiger partial charge in [-0.15, -0.1) is 0 Å². The van der Waals surface area contributed by atoms with E-state index in [-0.39, 0.29) is 29.9 Å². The van der Waals surface area contributed by atoms with Crippen molar-refractivity contribution in [3.63, 3.8) is 0 Å². The maximum Gasteiger partial charge on any atom is 0.224 e. The first-order valence-electron chi connectivity index (χ1n) is 6.96. The van der Waals surface area contributed by atoms with Gasteiger partial charge in [-0.3, -0.25) is 4.79 Å². The summed E-state index contributed by atoms with van der Waals surface area (Å²) in [5.41, 5.74) is 6.20. The van der Waals surface area contributed by atoms with E-state index in [0.717, 1.165) is 25.8 Å². The molecule has 1 aliphatic heterocycles. The van der Waals surface area contributed by atoms with E-state index in [9.17, 15) is 4.79 Å². The number of nitrogens with zero attached hydrogens (tertiary/aromatic N) is 1. The topological polar surface area (TPSA) is 66.6 Å². The lowest BCUT2D eigenvalue weighted by atomic mass is 9.87. The summed E-state index contributed by atoms with van der Waals surface area (Å²) in [5, 5.41) is 9.16. The van der Waals surface area contributed by atoms with Crippen LogP contribution in [-0.2, 0) is 4.79 Å². The van der Waals surface area contributed by atoms with Crippen LogP contribution in [-0.4, -0.2) is 41.7 Å². The maximum atomic E-state index is 12.1. The molecule has 0 bridgehead atoms. The Morgan fingerprint density at radius 1 is 1.50 bits per heavy atom. The average molecular weight is 256 g/mol. The molecule has 1 fully saturated rings. The highest BCUT2D eigenvalue weighted by Crippen LogP contribution is 2.22. The third-order valence-corrected chi connectivity index (χ3v) is 3.44. The molecule has 2 atom stereocenters. The zero-order chi connectivity index (χ0) is 13.8. The van der Waals surface area contributed by atoms with E-state index in [2.05, 4.69) is 20.8 Å². The molecule has 0 aromatic carbocycles. The summed E-state index contributed by atoms with van der Waals surface area (Å²) in [6.07, 6.45) is 3.30. The second-order valence-electron chi connectivity index (χ2n) is 6.76. The molecule has 1 amide bonds. The number of nitrogens with two attached hydrogens (primary N) is 1. The predicted molar refractivity (Wildman–Crippen MR) is 73.1 cm³/mol. The van der Waals surface area contributed by atoms with Gasteiger partial charge in [-0.2, -0.15) is 0 Å². The number of aliphatic hydroxyl groups is 1. The van der Waals surface area contributed by atoms with Gasteiger partial charge in [0.2, 0.25) is 5.91 Å². The molecule has 18 heavy (non-hydrogen) atoms. The lowest BCUT2D eigenvalue weighted by Gasteiger charge is -2.33. The third-order valence-electron chi connectivity index (χ3n) is 3.44. The van der Waals surface area contributed by atoms with Crippen LogP contribution in [0, 0.1) is 11.3 Å². The van der Waals surface area contributed by atoms with Crippen molar-refractivity contribution in [3.8, 4) is 0 Å². The second kappa shape index (κ2) is 6.53. The van der Waals surface area contributed by atoms with Crippen molar-refractivity contribution in [3.05, 3.63) is 0 Å². The molecule has 4 nitrogen and oxygen atoms in total. The third kappa shape index (κ3) is 5.36. The molecule has 0 aromatic rings. The van der Waals surface area contributed by atoms with E-state index < -0.39 is 0 Å². The van der Waals surface area contributed by atoms with Crippen molar-refractivity contribution < 1.29 is 9.90 Å². The summed E-state index contributed by atoms with van der Waals surface area (Å²) in [4.78, 5) is 14.0. The van der Waals surface area contributed by atoms with Gasteiger partial charge in [0.25, 0.3) is 0 Å². The van der Waals surface area contributed by atoms with Gasteiger partial charge in [-0.25, -0.2) is 0 Å². The van der Waals surface area contributed by atoms with E-state index in [1.54, 1.807) is 0 Å². The first kappa shape index (κ1) is 15.4. The zero-order valence-electron chi connectivity index (χ0n) is 12.0. The van der Waals surface area contributed by atoms with Gasteiger partial charge in [-0.1, -0.05) is 20.8 Å². The van der Waals surface area contributed by atoms with Crippen molar-refractivity contribution in [1.82, 2.24) is 4.90 Å². The Kier molecular flexibility index (Phi) is 5.60. The minimum atomic E-state index is -0.0630. The van der Waals surface area contributed by atoms with Crippen molar-refractivity contribution in [1.29, 1.82) is 0 Å². The fourth-order valence-electron chi connectivity index (χ4n) is 2.65. The van der Waals surface area contributed by atoms with Crippen LogP contribution >= 0.6 is 0 Å². The summed E-state index contributed by atoms with van der Waals surface area (Å²) >= 11 is 0. The fraction of sp³-hybridized carbons (Fsp3) is 0.929. The number of hydrogen-bond acceptors (Lipinski definition) is 3. The van der Waals surface area contributed by atoms with Gasteiger partial charge in [0.05, 0.1) is 0 Å². The SMILES string of the molecule is CC(C)(C)CC(N)CC(=O)N1CCCC(CO)C1. The first-order chi connectivity index (χ1) is 8.31. The lowest BCUT2D eigenvalue weighted by molar-refractivity contribution is -0.133. The number of likely N-dealkylation sites (tertiary alicyclic amines) is 1. The van der Waals surface area contributed by atoms with Gasteiger partial charge in [0.1, 0.15) is 0 Å². The van der Waals surface area contributed by atoms with E-state index in [1.165, 1.54) is 0 Å². The van der Waals surface area contributed by atoms with Crippen molar-refractivity contribution in [2.75, 3.05) is 19.7 Å². The fourth-order valence-corrected chi connectivity index (χ4v) is 2.65. The normalized spacial score (nSPS) is 22.9. The summed E-state index contributed by atoms with van der Waals surface area (Å²) < 4.78 is 0. The molecule has 0 aliphatic carbocycles. The number of carbonyl (C=O) groups excluding carboxylic acids is 1. The summed E-state index contributed by atoms with van der Waals surface area (Å²) in [5.74, 6) is 0.395. The maximum absolute atomic E-state index is 12.1. The Hall–Kier alpha value is -0.610. The van der Waals surface area contributed by atoms with Crippen LogP contribution in [0.1, 0.15) is 46.5 Å². The molecule has 1 rings (SSSR count). The molecular formula is C14H28N2O2. The Labute approximate surface area is 111 Å². The van der Waals surface area contributed by atoms with Crippen LogP contribution in [0.15, 0.2) is 0 Å². The highest BCUT2D eigenvalue weighted by Gasteiger charge is 2.25. The Morgan fingerprint density at radius 3 is 2.72 bits per heavy atom. The number of amides is 1. The van der Waals surface area contributed by atoms with Gasteiger partial charge >= 0.3 is 0 Å². The second-order valence-corrected chi connectivity index (χ2v) is 6.76. The Balaban J connectivity index is 2.40. The number of piperidine rings is 1. The van der Waals surface area contributed by atoms with Gasteiger partial charge in [-0.05, 0) is 30.6 Å². The predicted octanol–water partition coefficient (Wildman–Crippen LogP) is 1.37. The van der Waals surface area contributed by atoms with E-state index in [4.69, 9.17) is 10.8 Å². The summed E-state index contributed by atoms with van der Waals surface area (Å²) in [6, 6.07) is -0.0630. The number of rotatable bonds is 4. The minimum absolute atomic E-state index is 0.0630. The molecule has 0 saturated carbocycles. The molecule has 3 N–H and O–H groups in total. The molecule has 0 spiro atoms. The highest BCUT2D eigenvalue weighted by molar-refractivity contribution is 5.76. The number of hydrogen-bond donors (Lipinski definition) is 2. The van der Waals surface area contributed by atoms with E-state index in [1.807, 2.05) is 4.90 Å². The molecule has 1 aliphatic rings. The van der Waals surface area contributed by atoms with Crippen LogP contribution in [0.3, 0.4) is 0 Å². The van der Waals surface area contributed by atoms with Crippen molar-refractivity contribution in [2.45, 2.75) is 52.5 Å². The average Bonchev–Trinajstić information content (AvgIpc) is 2.26.